The molecule has 0 saturated heterocycles. The van der Waals surface area contributed by atoms with Crippen molar-refractivity contribution in [3.8, 4) is 27.9 Å². The van der Waals surface area contributed by atoms with Crippen molar-refractivity contribution in [3.05, 3.63) is 163 Å². The first-order valence-electron chi connectivity index (χ1n) is 19.3. The van der Waals surface area contributed by atoms with Crippen LogP contribution in [0.3, 0.4) is 0 Å². The number of nitrogens with two attached hydrogens (primary N) is 1. The molecule has 0 amide bonds. The van der Waals surface area contributed by atoms with Crippen LogP contribution in [0.15, 0.2) is 153 Å². The quantitative estimate of drug-likeness (QED) is 0.110. The van der Waals surface area contributed by atoms with Gasteiger partial charge in [0.2, 0.25) is 0 Å². The van der Waals surface area contributed by atoms with Crippen LogP contribution < -0.4 is 5.73 Å². The van der Waals surface area contributed by atoms with Crippen molar-refractivity contribution in [2.75, 3.05) is 5.73 Å². The van der Waals surface area contributed by atoms with E-state index in [4.69, 9.17) is 5.73 Å². The maximum absolute atomic E-state index is 6.80. The first-order valence-corrected chi connectivity index (χ1v) is 20.1. The van der Waals surface area contributed by atoms with Crippen LogP contribution in [0.25, 0.3) is 65.9 Å². The number of aromatic nitrogens is 1. The minimum Gasteiger partial charge on any atom is -0.398 e. The average molecular weight is 715 g/mol. The molecular formula is C50H54N2S. The van der Waals surface area contributed by atoms with E-state index in [2.05, 4.69) is 151 Å². The Kier molecular flexibility index (Phi) is 13.5. The van der Waals surface area contributed by atoms with Gasteiger partial charge in [0, 0.05) is 54.5 Å². The van der Waals surface area contributed by atoms with Crippen molar-refractivity contribution in [3.63, 3.8) is 0 Å². The summed E-state index contributed by atoms with van der Waals surface area (Å²) in [5, 5.41) is 3.85. The van der Waals surface area contributed by atoms with Crippen molar-refractivity contribution in [2.45, 2.75) is 60.3 Å². The highest BCUT2D eigenvalue weighted by molar-refractivity contribution is 7.19. The van der Waals surface area contributed by atoms with Crippen molar-refractivity contribution in [1.29, 1.82) is 0 Å². The summed E-state index contributed by atoms with van der Waals surface area (Å²) in [6.07, 6.45) is 15.2. The van der Waals surface area contributed by atoms with Crippen LogP contribution in [-0.4, -0.2) is 4.57 Å². The summed E-state index contributed by atoms with van der Waals surface area (Å²) < 4.78 is 3.72. The molecule has 2 atom stereocenters. The molecule has 5 aromatic carbocycles. The van der Waals surface area contributed by atoms with Gasteiger partial charge in [0.15, 0.2) is 0 Å². The van der Waals surface area contributed by atoms with E-state index in [0.717, 1.165) is 16.8 Å². The van der Waals surface area contributed by atoms with E-state index in [9.17, 15) is 0 Å². The normalized spacial score (nSPS) is 14.9. The lowest BCUT2D eigenvalue weighted by molar-refractivity contribution is 0.534. The second-order valence-electron chi connectivity index (χ2n) is 12.3. The van der Waals surface area contributed by atoms with Crippen molar-refractivity contribution in [2.24, 2.45) is 5.92 Å². The van der Waals surface area contributed by atoms with E-state index in [1.165, 1.54) is 67.1 Å². The summed E-state index contributed by atoms with van der Waals surface area (Å²) in [6, 6.07) is 39.5. The molecule has 53 heavy (non-hydrogen) atoms. The summed E-state index contributed by atoms with van der Waals surface area (Å²) in [7, 11) is 0. The molecule has 0 saturated carbocycles. The van der Waals surface area contributed by atoms with Crippen LogP contribution in [-0.2, 0) is 0 Å². The molecule has 270 valence electrons. The molecule has 0 bridgehead atoms. The number of hydrogen-bond acceptors (Lipinski definition) is 2. The van der Waals surface area contributed by atoms with Crippen molar-refractivity contribution < 1.29 is 0 Å². The highest BCUT2D eigenvalue weighted by atomic mass is 32.1. The first-order chi connectivity index (χ1) is 26.1. The Morgan fingerprint density at radius 1 is 0.660 bits per heavy atom. The predicted molar refractivity (Wildman–Crippen MR) is 240 cm³/mol. The summed E-state index contributed by atoms with van der Waals surface area (Å²) in [5.41, 5.74) is 17.2. The predicted octanol–water partition coefficient (Wildman–Crippen LogP) is 15.4. The largest absolute Gasteiger partial charge is 0.398 e. The third-order valence-corrected chi connectivity index (χ3v) is 10.9. The van der Waals surface area contributed by atoms with Crippen LogP contribution in [0.5, 0.6) is 0 Å². The lowest BCUT2D eigenvalue weighted by Crippen LogP contribution is -2.14. The molecule has 0 radical (unpaired) electrons. The van der Waals surface area contributed by atoms with Crippen LogP contribution in [0.4, 0.5) is 5.69 Å². The summed E-state index contributed by atoms with van der Waals surface area (Å²) >= 11 is 1.98. The number of rotatable bonds is 4. The maximum atomic E-state index is 6.80. The van der Waals surface area contributed by atoms with Crippen LogP contribution in [0.1, 0.15) is 70.7 Å². The molecule has 2 N–H and O–H groups in total. The first kappa shape index (κ1) is 38.8. The van der Waals surface area contributed by atoms with E-state index in [-0.39, 0.29) is 0 Å². The van der Waals surface area contributed by atoms with E-state index in [1.807, 2.05) is 52.9 Å². The zero-order chi connectivity index (χ0) is 37.9. The fourth-order valence-corrected chi connectivity index (χ4v) is 8.70. The zero-order valence-electron chi connectivity index (χ0n) is 32.3. The molecule has 0 aliphatic heterocycles. The minimum absolute atomic E-state index is 0.547. The van der Waals surface area contributed by atoms with Gasteiger partial charge in [-0.15, -0.1) is 11.3 Å². The number of benzene rings is 5. The molecule has 9 rings (SSSR count). The van der Waals surface area contributed by atoms with Gasteiger partial charge in [-0.05, 0) is 83.6 Å². The van der Waals surface area contributed by atoms with Crippen LogP contribution in [0, 0.1) is 5.92 Å². The molecule has 3 heteroatoms. The van der Waals surface area contributed by atoms with Gasteiger partial charge in [-0.1, -0.05) is 152 Å². The Labute approximate surface area is 321 Å². The number of allylic oxidation sites excluding steroid dienone is 5. The summed E-state index contributed by atoms with van der Waals surface area (Å²) in [4.78, 5) is 1.55. The molecule has 2 heterocycles. The Bertz CT molecular complexity index is 2360. The molecule has 2 unspecified atom stereocenters. The number of anilines is 1. The number of hydrogen-bond donors (Lipinski definition) is 1. The molecule has 2 aromatic heterocycles. The van der Waals surface area contributed by atoms with E-state index in [1.54, 1.807) is 17.0 Å². The molecule has 2 aliphatic carbocycles. The number of nitrogens with zero attached hydrogens (tertiary/aromatic N) is 1. The standard InChI is InChI=1S/C40H30N2S.C4H6.3C2H6/c41-36-24-27(26-16-20-38-34(22-26)32-12-6-7-13-37(32)42(38)29-9-2-1-3-10-29)15-18-30(36)28-17-21-39-35(23-28)33-19-14-25-8-4-5-11-31(25)40(33)43-39;1-3-4-2;3*1-2/h1-4,6-10,12-25,31H,5,11,41H2;3-4H,1-2H2;3*1-2H3. The number of thiophene rings is 1. The maximum Gasteiger partial charge on any atom is 0.0541 e. The number of fused-ring (bicyclic) bond motifs is 8. The molecule has 2 nitrogen and oxygen atoms in total. The lowest BCUT2D eigenvalue weighted by atomic mass is 9.78. The third-order valence-electron chi connectivity index (χ3n) is 9.59. The van der Waals surface area contributed by atoms with Crippen LogP contribution in [0.2, 0.25) is 0 Å². The SMILES string of the molecule is C=CC=C.CC.CC.CC.Nc1cc(-c2ccc3c(c2)c2ccccc2n3-c2ccccc2)ccc1-c1ccc2sc3c(c2c1)C=CC1C=CCCC31. The third kappa shape index (κ3) is 7.72. The molecular weight excluding hydrogens is 661 g/mol. The molecule has 0 spiro atoms. The van der Waals surface area contributed by atoms with E-state index in [0.29, 0.717) is 11.8 Å². The van der Waals surface area contributed by atoms with E-state index >= 15 is 0 Å². The van der Waals surface area contributed by atoms with Crippen LogP contribution >= 0.6 is 11.3 Å². The second kappa shape index (κ2) is 18.4. The smallest absolute Gasteiger partial charge is 0.0541 e. The van der Waals surface area contributed by atoms with Gasteiger partial charge >= 0.3 is 0 Å². The van der Waals surface area contributed by atoms with Gasteiger partial charge < -0.3 is 10.3 Å². The van der Waals surface area contributed by atoms with Gasteiger partial charge in [-0.2, -0.15) is 0 Å². The van der Waals surface area contributed by atoms with Gasteiger partial charge in [0.25, 0.3) is 0 Å². The fraction of sp³-hybridized carbons (Fsp3) is 0.200. The monoisotopic (exact) mass is 714 g/mol. The highest BCUT2D eigenvalue weighted by Gasteiger charge is 2.29. The number of para-hydroxylation sites is 2. The molecule has 7 aromatic rings. The van der Waals surface area contributed by atoms with Crippen molar-refractivity contribution >= 4 is 55.0 Å². The van der Waals surface area contributed by atoms with Gasteiger partial charge in [-0.25, -0.2) is 0 Å². The summed E-state index contributed by atoms with van der Waals surface area (Å²) in [6.45, 7) is 18.7. The van der Waals surface area contributed by atoms with Gasteiger partial charge in [-0.3, -0.25) is 0 Å². The zero-order valence-corrected chi connectivity index (χ0v) is 33.1. The lowest BCUT2D eigenvalue weighted by Gasteiger charge is -2.28. The Morgan fingerprint density at radius 2 is 1.30 bits per heavy atom. The minimum atomic E-state index is 0.547. The van der Waals surface area contributed by atoms with Gasteiger partial charge in [0.05, 0.1) is 11.0 Å². The van der Waals surface area contributed by atoms with E-state index < -0.39 is 0 Å². The Morgan fingerprint density at radius 3 is 2.04 bits per heavy atom. The summed E-state index contributed by atoms with van der Waals surface area (Å²) in [5.74, 6) is 1.17. The molecule has 2 aliphatic rings. The second-order valence-corrected chi connectivity index (χ2v) is 13.4. The highest BCUT2D eigenvalue weighted by Crippen LogP contribution is 2.48. The molecule has 0 fully saturated rings. The average Bonchev–Trinajstić information content (AvgIpc) is 3.79. The number of nitrogen functional groups attached to an aromatic ring is 1. The fourth-order valence-electron chi connectivity index (χ4n) is 7.33. The topological polar surface area (TPSA) is 30.9 Å². The Balaban J connectivity index is 0.000000496. The Hall–Kier alpha value is -5.38. The van der Waals surface area contributed by atoms with Gasteiger partial charge in [0.1, 0.15) is 0 Å². The van der Waals surface area contributed by atoms with Crippen molar-refractivity contribution in [1.82, 2.24) is 4.57 Å².